The van der Waals surface area contributed by atoms with Crippen LogP contribution >= 0.6 is 0 Å². The molecule has 0 aromatic heterocycles. The Labute approximate surface area is 167 Å². The first-order valence-electron chi connectivity index (χ1n) is 10.0. The highest BCUT2D eigenvalue weighted by Crippen LogP contribution is 2.24. The number of piperazine rings is 1. The normalized spacial score (nSPS) is 23.3. The number of dihydropyridines is 1. The van der Waals surface area contributed by atoms with Gasteiger partial charge in [-0.25, -0.2) is 4.39 Å². The first-order valence-corrected chi connectivity index (χ1v) is 10.0. The zero-order valence-electron chi connectivity index (χ0n) is 16.8. The predicted octanol–water partition coefficient (Wildman–Crippen LogP) is 2.91. The monoisotopic (exact) mass is 383 g/mol. The van der Waals surface area contributed by atoms with Crippen LogP contribution < -0.4 is 16.0 Å². The van der Waals surface area contributed by atoms with Gasteiger partial charge >= 0.3 is 0 Å². The lowest BCUT2D eigenvalue weighted by Gasteiger charge is -2.34. The molecule has 3 rings (SSSR count). The molecule has 0 radical (unpaired) electrons. The number of halogens is 1. The number of allylic oxidation sites excluding steroid dienone is 5. The molecule has 0 saturated carbocycles. The second-order valence-electron chi connectivity index (χ2n) is 6.85. The molecule has 0 spiro atoms. The summed E-state index contributed by atoms with van der Waals surface area (Å²) in [6, 6.07) is 0. The van der Waals surface area contributed by atoms with E-state index in [2.05, 4.69) is 31.9 Å². The Morgan fingerprint density at radius 3 is 2.86 bits per heavy atom. The maximum absolute atomic E-state index is 15.1. The minimum atomic E-state index is -0.259. The minimum Gasteiger partial charge on any atom is -0.386 e. The van der Waals surface area contributed by atoms with Crippen molar-refractivity contribution in [3.05, 3.63) is 71.1 Å². The fraction of sp³-hybridized carbons (Fsp3) is 0.409. The number of hydrogen-bond acceptors (Lipinski definition) is 5. The van der Waals surface area contributed by atoms with Gasteiger partial charge in [0, 0.05) is 57.2 Å². The van der Waals surface area contributed by atoms with Gasteiger partial charge in [0.05, 0.1) is 11.4 Å². The van der Waals surface area contributed by atoms with Crippen LogP contribution in [0.2, 0.25) is 0 Å². The fourth-order valence-corrected chi connectivity index (χ4v) is 3.46. The Bertz CT molecular complexity index is 777. The molecule has 5 nitrogen and oxygen atoms in total. The molecule has 0 atom stereocenters. The summed E-state index contributed by atoms with van der Waals surface area (Å²) in [4.78, 5) is 6.69. The van der Waals surface area contributed by atoms with Crippen LogP contribution in [0.3, 0.4) is 0 Å². The van der Waals surface area contributed by atoms with Crippen molar-refractivity contribution in [1.82, 2.24) is 20.9 Å². The van der Waals surface area contributed by atoms with Crippen molar-refractivity contribution in [1.29, 1.82) is 0 Å². The summed E-state index contributed by atoms with van der Waals surface area (Å²) in [5.41, 5.74) is 4.05. The molecule has 1 aliphatic carbocycles. The topological polar surface area (TPSA) is 51.7 Å². The van der Waals surface area contributed by atoms with Crippen LogP contribution in [0.1, 0.15) is 20.3 Å². The van der Waals surface area contributed by atoms with Gasteiger partial charge in [-0.05, 0) is 25.0 Å². The Kier molecular flexibility index (Phi) is 7.25. The smallest absolute Gasteiger partial charge is 0.154 e. The summed E-state index contributed by atoms with van der Waals surface area (Å²) >= 11 is 0. The van der Waals surface area contributed by atoms with Gasteiger partial charge in [0.2, 0.25) is 0 Å². The zero-order chi connectivity index (χ0) is 19.8. The molecule has 1 saturated heterocycles. The van der Waals surface area contributed by atoms with Crippen molar-refractivity contribution >= 4 is 5.71 Å². The fourth-order valence-electron chi connectivity index (χ4n) is 3.46. The number of nitrogens with zero attached hydrogens (tertiary/aromatic N) is 2. The number of hydrogen-bond donors (Lipinski definition) is 3. The third-order valence-corrected chi connectivity index (χ3v) is 4.87. The van der Waals surface area contributed by atoms with E-state index in [-0.39, 0.29) is 5.83 Å². The molecule has 28 heavy (non-hydrogen) atoms. The van der Waals surface area contributed by atoms with E-state index in [1.807, 2.05) is 44.4 Å². The highest BCUT2D eigenvalue weighted by Gasteiger charge is 2.21. The van der Waals surface area contributed by atoms with E-state index in [0.29, 0.717) is 17.8 Å². The van der Waals surface area contributed by atoms with Gasteiger partial charge in [-0.3, -0.25) is 4.99 Å². The second kappa shape index (κ2) is 10.1. The van der Waals surface area contributed by atoms with Crippen molar-refractivity contribution in [2.75, 3.05) is 39.3 Å². The summed E-state index contributed by atoms with van der Waals surface area (Å²) in [5.74, 6) is -0.259. The van der Waals surface area contributed by atoms with Gasteiger partial charge in [0.1, 0.15) is 5.71 Å². The Balaban J connectivity index is 1.74. The first kappa shape index (κ1) is 20.1. The lowest BCUT2D eigenvalue weighted by molar-refractivity contribution is 0.299. The van der Waals surface area contributed by atoms with Crippen LogP contribution in [0.25, 0.3) is 0 Å². The molecule has 1 fully saturated rings. The molecule has 0 bridgehead atoms. The Morgan fingerprint density at radius 2 is 2.11 bits per heavy atom. The second-order valence-corrected chi connectivity index (χ2v) is 6.85. The lowest BCUT2D eigenvalue weighted by atomic mass is 9.97. The van der Waals surface area contributed by atoms with Crippen LogP contribution in [-0.4, -0.2) is 49.9 Å². The maximum atomic E-state index is 15.1. The average molecular weight is 384 g/mol. The average Bonchev–Trinajstić information content (AvgIpc) is 2.74. The summed E-state index contributed by atoms with van der Waals surface area (Å²) in [6.45, 7) is 9.07. The molecule has 6 heteroatoms. The van der Waals surface area contributed by atoms with E-state index in [9.17, 15) is 0 Å². The molecule has 150 valence electrons. The van der Waals surface area contributed by atoms with E-state index >= 15 is 4.39 Å². The van der Waals surface area contributed by atoms with Gasteiger partial charge < -0.3 is 20.9 Å². The third kappa shape index (κ3) is 4.81. The van der Waals surface area contributed by atoms with Gasteiger partial charge in [0.15, 0.2) is 5.83 Å². The summed E-state index contributed by atoms with van der Waals surface area (Å²) in [5, 5.41) is 10.0. The SMILES string of the molecule is C\C=C/N=C1\C(F)=C(CNC2=CNCC=C2N2CCNCC2)C=C\C1=C/CC. The van der Waals surface area contributed by atoms with Crippen molar-refractivity contribution < 1.29 is 4.39 Å². The Hall–Kier alpha value is -2.60. The van der Waals surface area contributed by atoms with E-state index < -0.39 is 0 Å². The van der Waals surface area contributed by atoms with Crippen molar-refractivity contribution in [3.63, 3.8) is 0 Å². The van der Waals surface area contributed by atoms with Crippen LogP contribution in [0.15, 0.2) is 76.1 Å². The van der Waals surface area contributed by atoms with Crippen LogP contribution in [0, 0.1) is 0 Å². The molecule has 3 N–H and O–H groups in total. The first-order chi connectivity index (χ1) is 13.7. The minimum absolute atomic E-state index is 0.259. The van der Waals surface area contributed by atoms with Crippen molar-refractivity contribution in [2.24, 2.45) is 4.99 Å². The van der Waals surface area contributed by atoms with Crippen molar-refractivity contribution in [3.8, 4) is 0 Å². The van der Waals surface area contributed by atoms with E-state index in [1.54, 1.807) is 6.20 Å². The molecule has 3 aliphatic rings. The van der Waals surface area contributed by atoms with Gasteiger partial charge in [0.25, 0.3) is 0 Å². The molecular formula is C22H30FN5. The van der Waals surface area contributed by atoms with Crippen LogP contribution in [0.5, 0.6) is 0 Å². The van der Waals surface area contributed by atoms with Gasteiger partial charge in [-0.1, -0.05) is 31.2 Å². The van der Waals surface area contributed by atoms with Gasteiger partial charge in [-0.15, -0.1) is 0 Å². The molecule has 2 heterocycles. The van der Waals surface area contributed by atoms with E-state index in [0.717, 1.165) is 50.4 Å². The maximum Gasteiger partial charge on any atom is 0.154 e. The third-order valence-electron chi connectivity index (χ3n) is 4.87. The quantitative estimate of drug-likeness (QED) is 0.660. The molecule has 0 aromatic rings. The van der Waals surface area contributed by atoms with Crippen molar-refractivity contribution in [2.45, 2.75) is 20.3 Å². The largest absolute Gasteiger partial charge is 0.386 e. The highest BCUT2D eigenvalue weighted by molar-refractivity contribution is 6.14. The number of aliphatic imine (C=N–C) groups is 1. The zero-order valence-corrected chi connectivity index (χ0v) is 16.8. The lowest BCUT2D eigenvalue weighted by Crippen LogP contribution is -2.45. The predicted molar refractivity (Wildman–Crippen MR) is 115 cm³/mol. The highest BCUT2D eigenvalue weighted by atomic mass is 19.1. The number of rotatable bonds is 6. The summed E-state index contributed by atoms with van der Waals surface area (Å²) < 4.78 is 15.1. The Morgan fingerprint density at radius 1 is 1.29 bits per heavy atom. The van der Waals surface area contributed by atoms with Gasteiger partial charge in [-0.2, -0.15) is 0 Å². The summed E-state index contributed by atoms with van der Waals surface area (Å²) in [6.07, 6.45) is 14.3. The summed E-state index contributed by atoms with van der Waals surface area (Å²) in [7, 11) is 0. The van der Waals surface area contributed by atoms with E-state index in [1.165, 1.54) is 5.70 Å². The standard InChI is InChI=1S/C22H30FN5/c1-3-5-17-6-7-18(21(23)22(17)26-9-4-2)15-27-19-16-25-10-8-20(19)28-13-11-24-12-14-28/h4-9,16,24-25,27H,3,10-15H2,1-2H3/b9-4-,17-5+,26-22-. The van der Waals surface area contributed by atoms with Crippen LogP contribution in [0.4, 0.5) is 4.39 Å². The number of nitrogens with one attached hydrogen (secondary N) is 3. The molecule has 2 aliphatic heterocycles. The van der Waals surface area contributed by atoms with Crippen LogP contribution in [-0.2, 0) is 0 Å². The molecule has 0 amide bonds. The molecule has 0 aromatic carbocycles. The molecule has 0 unspecified atom stereocenters. The van der Waals surface area contributed by atoms with E-state index in [4.69, 9.17) is 0 Å². The molecular weight excluding hydrogens is 353 g/mol.